The monoisotopic (exact) mass is 362 g/mol. The second kappa shape index (κ2) is 6.94. The van der Waals surface area contributed by atoms with Gasteiger partial charge in [-0.2, -0.15) is 14.9 Å². The molecule has 1 aromatic heterocycles. The van der Waals surface area contributed by atoms with Crippen LogP contribution in [0, 0.1) is 10.6 Å². The number of hydrogen-bond acceptors (Lipinski definition) is 4. The minimum Gasteiger partial charge on any atom is -0.496 e. The van der Waals surface area contributed by atoms with E-state index < -0.39 is 5.82 Å². The molecule has 0 unspecified atom stereocenters. The van der Waals surface area contributed by atoms with Gasteiger partial charge in [-0.05, 0) is 36.5 Å². The van der Waals surface area contributed by atoms with Gasteiger partial charge in [0.05, 0.1) is 23.9 Å². The quantitative estimate of drug-likeness (QED) is 0.556. The Balaban J connectivity index is 2.09. The fourth-order valence-corrected chi connectivity index (χ4v) is 2.54. The van der Waals surface area contributed by atoms with Crippen LogP contribution >= 0.6 is 23.8 Å². The Morgan fingerprint density at radius 3 is 2.83 bits per heavy atom. The lowest BCUT2D eigenvalue weighted by Gasteiger charge is -2.07. The Morgan fingerprint density at radius 2 is 2.08 bits per heavy atom. The lowest BCUT2D eigenvalue weighted by Crippen LogP contribution is -1.98. The maximum absolute atomic E-state index is 13.9. The molecule has 0 atom stereocenters. The number of nitrogens with zero attached hydrogens (tertiary/aromatic N) is 3. The molecule has 3 rings (SSSR count). The second-order valence-corrected chi connectivity index (χ2v) is 5.54. The molecule has 2 aromatic carbocycles. The highest BCUT2D eigenvalue weighted by Crippen LogP contribution is 2.28. The lowest BCUT2D eigenvalue weighted by atomic mass is 10.2. The molecule has 0 saturated carbocycles. The van der Waals surface area contributed by atoms with Gasteiger partial charge in [-0.3, -0.25) is 0 Å². The Hall–Kier alpha value is -2.51. The number of H-pyrrole nitrogens is 1. The van der Waals surface area contributed by atoms with E-state index in [1.165, 1.54) is 23.0 Å². The second-order valence-electron chi connectivity index (χ2n) is 4.74. The molecule has 1 N–H and O–H groups in total. The van der Waals surface area contributed by atoms with Crippen LogP contribution < -0.4 is 4.74 Å². The molecule has 24 heavy (non-hydrogen) atoms. The minimum atomic E-state index is -0.472. The van der Waals surface area contributed by atoms with Crippen molar-refractivity contribution in [1.82, 2.24) is 14.9 Å². The maximum Gasteiger partial charge on any atom is 0.216 e. The van der Waals surface area contributed by atoms with E-state index in [4.69, 9.17) is 28.6 Å². The van der Waals surface area contributed by atoms with Crippen molar-refractivity contribution >= 4 is 30.0 Å². The molecule has 1 heterocycles. The highest BCUT2D eigenvalue weighted by Gasteiger charge is 2.13. The van der Waals surface area contributed by atoms with Crippen LogP contribution in [0.15, 0.2) is 47.6 Å². The van der Waals surface area contributed by atoms with Gasteiger partial charge in [-0.1, -0.05) is 29.8 Å². The van der Waals surface area contributed by atoms with E-state index in [1.54, 1.807) is 19.2 Å². The first-order valence-electron chi connectivity index (χ1n) is 6.91. The topological polar surface area (TPSA) is 55.2 Å². The fraction of sp³-hybridized carbons (Fsp3) is 0.0625. The predicted molar refractivity (Wildman–Crippen MR) is 93.8 cm³/mol. The highest BCUT2D eigenvalue weighted by atomic mass is 35.5. The van der Waals surface area contributed by atoms with E-state index in [1.807, 2.05) is 18.2 Å². The van der Waals surface area contributed by atoms with Gasteiger partial charge in [0.2, 0.25) is 4.77 Å². The number of methoxy groups -OCH3 is 1. The SMILES string of the molecule is COc1ccccc1-c1n[nH]c(=S)n1/N=C/c1c(F)cccc1Cl. The van der Waals surface area contributed by atoms with Crippen molar-refractivity contribution in [2.75, 3.05) is 7.11 Å². The van der Waals surface area contributed by atoms with Gasteiger partial charge >= 0.3 is 0 Å². The van der Waals surface area contributed by atoms with Crippen LogP contribution in [0.3, 0.4) is 0 Å². The van der Waals surface area contributed by atoms with Crippen molar-refractivity contribution in [2.45, 2.75) is 0 Å². The molecule has 0 radical (unpaired) electrons. The van der Waals surface area contributed by atoms with Gasteiger partial charge in [0.1, 0.15) is 11.6 Å². The molecule has 5 nitrogen and oxygen atoms in total. The third-order valence-electron chi connectivity index (χ3n) is 3.30. The Labute approximate surface area is 147 Å². The molecule has 0 aliphatic rings. The number of ether oxygens (including phenoxy) is 1. The average molecular weight is 363 g/mol. The summed E-state index contributed by atoms with van der Waals surface area (Å²) in [6, 6.07) is 11.7. The zero-order valence-corrected chi connectivity index (χ0v) is 14.1. The third kappa shape index (κ3) is 3.08. The van der Waals surface area contributed by atoms with Gasteiger partial charge in [-0.25, -0.2) is 9.49 Å². The summed E-state index contributed by atoms with van der Waals surface area (Å²) in [5.74, 6) is 0.591. The van der Waals surface area contributed by atoms with Crippen LogP contribution in [0.4, 0.5) is 4.39 Å². The summed E-state index contributed by atoms with van der Waals surface area (Å²) in [5.41, 5.74) is 0.873. The van der Waals surface area contributed by atoms with Gasteiger partial charge < -0.3 is 4.74 Å². The number of nitrogens with one attached hydrogen (secondary N) is 1. The molecule has 0 aliphatic carbocycles. The molecule has 122 valence electrons. The number of para-hydroxylation sites is 1. The summed E-state index contributed by atoms with van der Waals surface area (Å²) in [4.78, 5) is 0. The van der Waals surface area contributed by atoms with Crippen molar-refractivity contribution in [3.63, 3.8) is 0 Å². The number of aromatic amines is 1. The van der Waals surface area contributed by atoms with Crippen molar-refractivity contribution in [3.05, 3.63) is 63.6 Å². The molecular formula is C16H12ClFN4OS. The molecule has 0 fully saturated rings. The van der Waals surface area contributed by atoms with Gasteiger partial charge in [0.15, 0.2) is 5.82 Å². The molecule has 3 aromatic rings. The Morgan fingerprint density at radius 1 is 1.29 bits per heavy atom. The zero-order valence-electron chi connectivity index (χ0n) is 12.5. The number of hydrogen-bond donors (Lipinski definition) is 1. The van der Waals surface area contributed by atoms with Crippen molar-refractivity contribution in [2.24, 2.45) is 5.10 Å². The summed E-state index contributed by atoms with van der Waals surface area (Å²) >= 11 is 11.2. The van der Waals surface area contributed by atoms with Gasteiger partial charge in [0.25, 0.3) is 0 Å². The summed E-state index contributed by atoms with van der Waals surface area (Å²) < 4.78 is 20.8. The van der Waals surface area contributed by atoms with Crippen LogP contribution in [0.25, 0.3) is 11.4 Å². The van der Waals surface area contributed by atoms with Gasteiger partial charge in [0, 0.05) is 5.56 Å². The Kier molecular flexibility index (Phi) is 4.73. The number of aromatic nitrogens is 3. The van der Waals surface area contributed by atoms with Crippen LogP contribution in [0.5, 0.6) is 5.75 Å². The van der Waals surface area contributed by atoms with E-state index in [2.05, 4.69) is 15.3 Å². The van der Waals surface area contributed by atoms with E-state index >= 15 is 0 Å². The summed E-state index contributed by atoms with van der Waals surface area (Å²) in [6.07, 6.45) is 1.31. The van der Waals surface area contributed by atoms with E-state index in [0.29, 0.717) is 17.1 Å². The van der Waals surface area contributed by atoms with Crippen LogP contribution in [0.2, 0.25) is 5.02 Å². The molecule has 0 aliphatic heterocycles. The number of rotatable bonds is 4. The highest BCUT2D eigenvalue weighted by molar-refractivity contribution is 7.71. The van der Waals surface area contributed by atoms with E-state index in [-0.39, 0.29) is 15.4 Å². The molecule has 0 amide bonds. The average Bonchev–Trinajstić information content (AvgIpc) is 2.95. The van der Waals surface area contributed by atoms with Crippen molar-refractivity contribution < 1.29 is 9.13 Å². The normalized spacial score (nSPS) is 11.1. The van der Waals surface area contributed by atoms with Crippen LogP contribution in [0.1, 0.15) is 5.56 Å². The fourth-order valence-electron chi connectivity index (χ4n) is 2.15. The first-order valence-corrected chi connectivity index (χ1v) is 7.69. The number of halogens is 2. The third-order valence-corrected chi connectivity index (χ3v) is 3.89. The predicted octanol–water partition coefficient (Wildman–Crippen LogP) is 4.29. The summed E-state index contributed by atoms with van der Waals surface area (Å²) in [5, 5.41) is 11.3. The van der Waals surface area contributed by atoms with Crippen LogP contribution in [-0.4, -0.2) is 28.2 Å². The summed E-state index contributed by atoms with van der Waals surface area (Å²) in [7, 11) is 1.56. The minimum absolute atomic E-state index is 0.174. The van der Waals surface area contributed by atoms with Crippen LogP contribution in [-0.2, 0) is 0 Å². The number of benzene rings is 2. The lowest BCUT2D eigenvalue weighted by molar-refractivity contribution is 0.416. The largest absolute Gasteiger partial charge is 0.496 e. The standard InChI is InChI=1S/C16H12ClFN4OS/c1-23-14-8-3-2-5-10(14)15-20-21-16(24)22(15)19-9-11-12(17)6-4-7-13(11)18/h2-9H,1H3,(H,21,24)/b19-9+. The summed E-state index contributed by atoms with van der Waals surface area (Å²) in [6.45, 7) is 0. The van der Waals surface area contributed by atoms with E-state index in [0.717, 1.165) is 0 Å². The first kappa shape index (κ1) is 16.4. The zero-order chi connectivity index (χ0) is 17.1. The molecule has 0 saturated heterocycles. The molecule has 0 spiro atoms. The Bertz CT molecular complexity index is 946. The maximum atomic E-state index is 13.9. The smallest absolute Gasteiger partial charge is 0.216 e. The van der Waals surface area contributed by atoms with Gasteiger partial charge in [-0.15, -0.1) is 0 Å². The van der Waals surface area contributed by atoms with Crippen molar-refractivity contribution in [3.8, 4) is 17.1 Å². The van der Waals surface area contributed by atoms with Crippen molar-refractivity contribution in [1.29, 1.82) is 0 Å². The van der Waals surface area contributed by atoms with E-state index in [9.17, 15) is 4.39 Å². The first-order chi connectivity index (χ1) is 11.6. The molecule has 8 heteroatoms. The molecular weight excluding hydrogens is 351 g/mol. The molecule has 0 bridgehead atoms.